The molecule has 1 atom stereocenters. The molecular weight excluding hydrogens is 314 g/mol. The third-order valence-electron chi connectivity index (χ3n) is 4.69. The Bertz CT molecular complexity index is 808. The van der Waals surface area contributed by atoms with E-state index in [2.05, 4.69) is 10.2 Å². The summed E-state index contributed by atoms with van der Waals surface area (Å²) in [6.07, 6.45) is 9.54. The first-order valence-corrected chi connectivity index (χ1v) is 8.64. The maximum atomic E-state index is 12.8. The van der Waals surface area contributed by atoms with Gasteiger partial charge in [0.1, 0.15) is 0 Å². The molecule has 1 aliphatic rings. The van der Waals surface area contributed by atoms with E-state index in [-0.39, 0.29) is 11.9 Å². The summed E-state index contributed by atoms with van der Waals surface area (Å²) in [6, 6.07) is 11.9. The van der Waals surface area contributed by atoms with Crippen LogP contribution < -0.4 is 0 Å². The van der Waals surface area contributed by atoms with E-state index in [1.165, 1.54) is 0 Å². The smallest absolute Gasteiger partial charge is 0.253 e. The van der Waals surface area contributed by atoms with Gasteiger partial charge in [-0.1, -0.05) is 12.1 Å². The van der Waals surface area contributed by atoms with E-state index in [1.54, 1.807) is 12.4 Å². The second kappa shape index (κ2) is 6.93. The Labute approximate surface area is 146 Å². The van der Waals surface area contributed by atoms with E-state index in [1.807, 2.05) is 63.1 Å². The van der Waals surface area contributed by atoms with Crippen molar-refractivity contribution in [3.05, 3.63) is 72.3 Å². The second-order valence-electron chi connectivity index (χ2n) is 6.43. The fraction of sp³-hybridized carbons (Fsp3) is 0.316. The van der Waals surface area contributed by atoms with Crippen LogP contribution in [0.2, 0.25) is 0 Å². The van der Waals surface area contributed by atoms with Gasteiger partial charge in [-0.2, -0.15) is 10.2 Å². The first-order chi connectivity index (χ1) is 12.3. The Hall–Kier alpha value is -2.89. The molecule has 4 rings (SSSR count). The van der Waals surface area contributed by atoms with Crippen molar-refractivity contribution < 1.29 is 4.79 Å². The highest BCUT2D eigenvalue weighted by Crippen LogP contribution is 2.22. The fourth-order valence-corrected chi connectivity index (χ4v) is 3.37. The SMILES string of the molecule is O=C(c1ccc(Cn2cccn2)cc1)N1CCC[C@H](n2cccn2)C1. The zero-order chi connectivity index (χ0) is 17.1. The number of nitrogens with zero attached hydrogens (tertiary/aromatic N) is 5. The van der Waals surface area contributed by atoms with Gasteiger partial charge in [-0.25, -0.2) is 0 Å². The van der Waals surface area contributed by atoms with Crippen LogP contribution in [0.25, 0.3) is 0 Å². The standard InChI is InChI=1S/C19H21N5O/c25-19(22-11-1-4-18(15-22)24-13-3-10-21-24)17-7-5-16(6-8-17)14-23-12-2-9-20-23/h2-3,5-10,12-13,18H,1,4,11,14-15H2/t18-/m0/s1. The van der Waals surface area contributed by atoms with E-state index in [4.69, 9.17) is 0 Å². The molecule has 0 radical (unpaired) electrons. The van der Waals surface area contributed by atoms with Crippen molar-refractivity contribution in [1.29, 1.82) is 0 Å². The van der Waals surface area contributed by atoms with Crippen molar-refractivity contribution in [2.45, 2.75) is 25.4 Å². The number of amides is 1. The number of carbonyl (C=O) groups excluding carboxylic acids is 1. The Balaban J connectivity index is 1.43. The Morgan fingerprint density at radius 3 is 2.60 bits per heavy atom. The summed E-state index contributed by atoms with van der Waals surface area (Å²) in [4.78, 5) is 14.8. The van der Waals surface area contributed by atoms with Gasteiger partial charge in [0.25, 0.3) is 5.91 Å². The minimum absolute atomic E-state index is 0.0995. The van der Waals surface area contributed by atoms with Crippen LogP contribution in [-0.2, 0) is 6.54 Å². The number of aromatic nitrogens is 4. The number of rotatable bonds is 4. The largest absolute Gasteiger partial charge is 0.337 e. The first-order valence-electron chi connectivity index (χ1n) is 8.64. The lowest BCUT2D eigenvalue weighted by Crippen LogP contribution is -2.40. The van der Waals surface area contributed by atoms with Crippen LogP contribution in [0.15, 0.2) is 61.2 Å². The van der Waals surface area contributed by atoms with Crippen molar-refractivity contribution in [3.8, 4) is 0 Å². The summed E-state index contributed by atoms with van der Waals surface area (Å²) in [5.74, 6) is 0.0995. The van der Waals surface area contributed by atoms with Gasteiger partial charge in [0.2, 0.25) is 0 Å². The quantitative estimate of drug-likeness (QED) is 0.736. The lowest BCUT2D eigenvalue weighted by Gasteiger charge is -2.33. The number of carbonyl (C=O) groups is 1. The highest BCUT2D eigenvalue weighted by molar-refractivity contribution is 5.94. The Morgan fingerprint density at radius 1 is 1.08 bits per heavy atom. The predicted octanol–water partition coefficient (Wildman–Crippen LogP) is 2.61. The topological polar surface area (TPSA) is 56.0 Å². The van der Waals surface area contributed by atoms with Gasteiger partial charge in [0.15, 0.2) is 0 Å². The summed E-state index contributed by atoms with van der Waals surface area (Å²) >= 11 is 0. The molecule has 0 saturated carbocycles. The molecule has 1 aromatic carbocycles. The number of hydrogen-bond acceptors (Lipinski definition) is 3. The third-order valence-corrected chi connectivity index (χ3v) is 4.69. The maximum Gasteiger partial charge on any atom is 0.253 e. The van der Waals surface area contributed by atoms with Crippen molar-refractivity contribution >= 4 is 5.91 Å². The van der Waals surface area contributed by atoms with Gasteiger partial charge in [-0.05, 0) is 42.7 Å². The molecule has 25 heavy (non-hydrogen) atoms. The van der Waals surface area contributed by atoms with Gasteiger partial charge < -0.3 is 4.90 Å². The number of hydrogen-bond donors (Lipinski definition) is 0. The predicted molar refractivity (Wildman–Crippen MR) is 94.2 cm³/mol. The summed E-state index contributed by atoms with van der Waals surface area (Å²) in [5, 5.41) is 8.53. The monoisotopic (exact) mass is 335 g/mol. The average molecular weight is 335 g/mol. The van der Waals surface area contributed by atoms with Crippen LogP contribution in [0.3, 0.4) is 0 Å². The van der Waals surface area contributed by atoms with Crippen LogP contribution >= 0.6 is 0 Å². The highest BCUT2D eigenvalue weighted by atomic mass is 16.2. The Kier molecular flexibility index (Phi) is 4.33. The van der Waals surface area contributed by atoms with Gasteiger partial charge in [0.05, 0.1) is 12.6 Å². The van der Waals surface area contributed by atoms with Gasteiger partial charge in [-0.3, -0.25) is 14.2 Å². The van der Waals surface area contributed by atoms with Crippen LogP contribution in [0.4, 0.5) is 0 Å². The molecule has 1 aliphatic heterocycles. The number of piperidine rings is 1. The molecule has 1 amide bonds. The van der Waals surface area contributed by atoms with E-state index < -0.39 is 0 Å². The summed E-state index contributed by atoms with van der Waals surface area (Å²) in [6.45, 7) is 2.24. The van der Waals surface area contributed by atoms with Gasteiger partial charge >= 0.3 is 0 Å². The molecule has 128 valence electrons. The van der Waals surface area contributed by atoms with Gasteiger partial charge in [-0.15, -0.1) is 0 Å². The zero-order valence-electron chi connectivity index (χ0n) is 14.0. The van der Waals surface area contributed by atoms with E-state index in [0.717, 1.165) is 37.1 Å². The molecule has 2 aromatic heterocycles. The summed E-state index contributed by atoms with van der Waals surface area (Å²) < 4.78 is 3.84. The van der Waals surface area contributed by atoms with Crippen molar-refractivity contribution in [2.24, 2.45) is 0 Å². The molecule has 3 aromatic rings. The number of likely N-dealkylation sites (tertiary alicyclic amines) is 1. The lowest BCUT2D eigenvalue weighted by atomic mass is 10.0. The van der Waals surface area contributed by atoms with Crippen molar-refractivity contribution in [2.75, 3.05) is 13.1 Å². The number of benzene rings is 1. The van der Waals surface area contributed by atoms with Crippen LogP contribution in [0.5, 0.6) is 0 Å². The van der Waals surface area contributed by atoms with Crippen molar-refractivity contribution in [1.82, 2.24) is 24.5 Å². The Morgan fingerprint density at radius 2 is 1.88 bits per heavy atom. The molecule has 0 spiro atoms. The molecule has 0 unspecified atom stereocenters. The van der Waals surface area contributed by atoms with E-state index >= 15 is 0 Å². The van der Waals surface area contributed by atoms with Gasteiger partial charge in [0, 0.05) is 43.4 Å². The molecule has 6 heteroatoms. The van der Waals surface area contributed by atoms with Crippen molar-refractivity contribution in [3.63, 3.8) is 0 Å². The molecule has 1 saturated heterocycles. The van der Waals surface area contributed by atoms with Crippen LogP contribution in [-0.4, -0.2) is 43.5 Å². The first kappa shape index (κ1) is 15.6. The van der Waals surface area contributed by atoms with E-state index in [0.29, 0.717) is 6.54 Å². The molecule has 0 aliphatic carbocycles. The molecule has 1 fully saturated rings. The van der Waals surface area contributed by atoms with Crippen LogP contribution in [0, 0.1) is 0 Å². The average Bonchev–Trinajstić information content (AvgIpc) is 3.36. The highest BCUT2D eigenvalue weighted by Gasteiger charge is 2.25. The molecule has 6 nitrogen and oxygen atoms in total. The summed E-state index contributed by atoms with van der Waals surface area (Å²) in [5.41, 5.74) is 1.87. The lowest BCUT2D eigenvalue weighted by molar-refractivity contribution is 0.0673. The minimum Gasteiger partial charge on any atom is -0.337 e. The third kappa shape index (κ3) is 3.47. The zero-order valence-corrected chi connectivity index (χ0v) is 14.0. The fourth-order valence-electron chi connectivity index (χ4n) is 3.37. The van der Waals surface area contributed by atoms with Crippen LogP contribution in [0.1, 0.15) is 34.8 Å². The summed E-state index contributed by atoms with van der Waals surface area (Å²) in [7, 11) is 0. The van der Waals surface area contributed by atoms with E-state index in [9.17, 15) is 4.79 Å². The molecular formula is C19H21N5O. The molecule has 0 N–H and O–H groups in total. The molecule has 0 bridgehead atoms. The molecule has 3 heterocycles. The maximum absolute atomic E-state index is 12.8. The second-order valence-corrected chi connectivity index (χ2v) is 6.43. The normalized spacial score (nSPS) is 17.6. The minimum atomic E-state index is 0.0995.